The van der Waals surface area contributed by atoms with E-state index in [0.29, 0.717) is 102 Å². The van der Waals surface area contributed by atoms with Crippen molar-refractivity contribution in [1.82, 2.24) is 52.3 Å². The van der Waals surface area contributed by atoms with Gasteiger partial charge in [0.1, 0.15) is 66.7 Å². The van der Waals surface area contributed by atoms with E-state index >= 15 is 0 Å². The maximum Gasteiger partial charge on any atom is 0.326 e. The highest BCUT2D eigenvalue weighted by Crippen LogP contribution is 2.22. The Hall–Kier alpha value is -8.05. The van der Waals surface area contributed by atoms with Crippen molar-refractivity contribution in [3.63, 3.8) is 0 Å². The van der Waals surface area contributed by atoms with Crippen molar-refractivity contribution in [2.75, 3.05) is 45.9 Å². The van der Waals surface area contributed by atoms with Gasteiger partial charge in [-0.25, -0.2) is 4.79 Å². The van der Waals surface area contributed by atoms with Gasteiger partial charge < -0.3 is 90.2 Å². The Kier molecular flexibility index (Phi) is 32.0. The van der Waals surface area contributed by atoms with Crippen LogP contribution in [-0.4, -0.2) is 191 Å². The lowest BCUT2D eigenvalue weighted by Crippen LogP contribution is -2.60. The molecule has 10 atom stereocenters. The van der Waals surface area contributed by atoms with E-state index in [1.54, 1.807) is 44.2 Å². The van der Waals surface area contributed by atoms with E-state index in [4.69, 9.17) is 27.7 Å². The maximum absolute atomic E-state index is 14.4. The summed E-state index contributed by atoms with van der Waals surface area (Å²) in [6, 6.07) is 3.74. The number of aliphatic hydroxyl groups excluding tert-OH is 1. The first-order chi connectivity index (χ1) is 44.2. The van der Waals surface area contributed by atoms with Gasteiger partial charge in [0.25, 0.3) is 0 Å². The molecule has 3 heterocycles. The van der Waals surface area contributed by atoms with Gasteiger partial charge in [0, 0.05) is 19.5 Å². The van der Waals surface area contributed by atoms with Gasteiger partial charge >= 0.3 is 5.97 Å². The number of benzene rings is 2. The molecule has 18 N–H and O–H groups in total. The summed E-state index contributed by atoms with van der Waals surface area (Å²) in [5, 5.41) is 42.1. The van der Waals surface area contributed by atoms with Crippen molar-refractivity contribution < 1.29 is 67.7 Å². The van der Waals surface area contributed by atoms with Crippen molar-refractivity contribution in [1.29, 1.82) is 0 Å². The summed E-state index contributed by atoms with van der Waals surface area (Å²) >= 11 is 0. The molecule has 5 rings (SSSR count). The van der Waals surface area contributed by atoms with Crippen LogP contribution in [0.25, 0.3) is 0 Å². The summed E-state index contributed by atoms with van der Waals surface area (Å²) in [6.07, 6.45) is 7.83. The molecule has 0 aliphatic carbocycles. The Morgan fingerprint density at radius 1 is 0.674 bits per heavy atom. The number of nitrogens with two attached hydrogens (primary N) is 4. The summed E-state index contributed by atoms with van der Waals surface area (Å²) in [7, 11) is 0. The van der Waals surface area contributed by atoms with E-state index in [9.17, 15) is 63.0 Å². The van der Waals surface area contributed by atoms with Gasteiger partial charge in [-0.15, -0.1) is 0 Å². The number of likely N-dealkylation sites (tertiary alicyclic amines) is 1. The minimum atomic E-state index is -1.72. The van der Waals surface area contributed by atoms with Crippen LogP contribution in [0.1, 0.15) is 134 Å². The summed E-state index contributed by atoms with van der Waals surface area (Å²) < 4.78 is 5.87. The van der Waals surface area contributed by atoms with Crippen LogP contribution in [-0.2, 0) is 65.8 Å². The molecule has 508 valence electrons. The molecule has 2 fully saturated rings. The molecule has 0 saturated carbocycles. The first kappa shape index (κ1) is 74.7. The zero-order valence-electron chi connectivity index (χ0n) is 53.1. The molecule has 3 aliphatic rings. The lowest BCUT2D eigenvalue weighted by atomic mass is 10.0. The van der Waals surface area contributed by atoms with Gasteiger partial charge in [0.15, 0.2) is 0 Å². The molecule has 10 amide bonds. The minimum absolute atomic E-state index is 0.0362. The average molecular weight is 1290 g/mol. The number of hydrogen-bond donors (Lipinski definition) is 14. The number of unbranched alkanes of at least 4 members (excludes halogenated alkanes) is 3. The number of ether oxygens (including phenoxy) is 1. The molecular formula is C64H98N14O14. The normalized spacial score (nSPS) is 20.8. The van der Waals surface area contributed by atoms with Gasteiger partial charge in [-0.1, -0.05) is 74.9 Å². The van der Waals surface area contributed by atoms with E-state index in [2.05, 4.69) is 42.5 Å². The number of carboxylic acid groups (broad SMARTS) is 1. The van der Waals surface area contributed by atoms with Crippen molar-refractivity contribution >= 4 is 65.0 Å². The molecule has 0 spiro atoms. The molecule has 92 heavy (non-hydrogen) atoms. The monoisotopic (exact) mass is 1290 g/mol. The quantitative estimate of drug-likeness (QED) is 0.0305. The first-order valence-corrected chi connectivity index (χ1v) is 32.3. The third kappa shape index (κ3) is 24.2. The molecule has 0 unspecified atom stereocenters. The molecule has 28 nitrogen and oxygen atoms in total. The molecule has 0 bridgehead atoms. The molecule has 3 aliphatic heterocycles. The van der Waals surface area contributed by atoms with Crippen LogP contribution in [0, 0.1) is 5.92 Å². The second-order valence-electron chi connectivity index (χ2n) is 24.1. The molecular weight excluding hydrogens is 1190 g/mol. The van der Waals surface area contributed by atoms with Crippen LogP contribution in [0.4, 0.5) is 0 Å². The Labute approximate surface area is 538 Å². The zero-order valence-corrected chi connectivity index (χ0v) is 53.1. The largest absolute Gasteiger partial charge is 0.489 e. The molecule has 0 radical (unpaired) electrons. The maximum atomic E-state index is 14.4. The fraction of sp³-hybridized carbons (Fsp3) is 0.609. The first-order valence-electron chi connectivity index (χ1n) is 32.3. The summed E-state index contributed by atoms with van der Waals surface area (Å²) in [6.45, 7) is 3.79. The Balaban J connectivity index is 1.34. The summed E-state index contributed by atoms with van der Waals surface area (Å²) in [4.78, 5) is 156. The standard InChI is InChI=1S/C64H98N14O14/c1-40(2)35-49(74-57(83)48(23-11-14-32-67)73-62(88)53-25-16-34-78(53)63(89)44(68)19-9-12-30-65)59(85)76-51(38-79)60(86)71-46-20-7-4-8-21-47(58(84)75-50(64(90)91)36-41-26-28-43(29-27-41)92-39-42-17-5-3-6-18-42)72-61(87)52-24-15-33-77(52)54(80)37-69-55(81)45(70-56(46)82)22-10-13-31-66/h3-7,17-18,26-29,40,44-53,79H,8-16,19-25,30-39,65-68H2,1-2H3,(H,69,81)(H,70,82)(H,71,86)(H,72,87)(H,73,88)(H,74,83)(H,75,84)(H,76,85)(H,90,91)/t44-,45-,46+,47-,48-,49-,50-,51-,52-,53-/m0/s1. The van der Waals surface area contributed by atoms with Gasteiger partial charge in [-0.05, 0) is 152 Å². The lowest BCUT2D eigenvalue weighted by molar-refractivity contribution is -0.143. The second kappa shape index (κ2) is 39.4. The fourth-order valence-corrected chi connectivity index (χ4v) is 11.2. The molecule has 2 aromatic carbocycles. The smallest absolute Gasteiger partial charge is 0.326 e. The van der Waals surface area contributed by atoms with Crippen LogP contribution in [0.15, 0.2) is 66.7 Å². The van der Waals surface area contributed by atoms with Gasteiger partial charge in [-0.3, -0.25) is 47.9 Å². The predicted molar refractivity (Wildman–Crippen MR) is 341 cm³/mol. The number of carboxylic acids is 1. The number of amides is 10. The molecule has 2 aromatic rings. The average Bonchev–Trinajstić information content (AvgIpc) is 1.87. The molecule has 2 saturated heterocycles. The van der Waals surface area contributed by atoms with E-state index in [1.165, 1.54) is 15.9 Å². The van der Waals surface area contributed by atoms with E-state index in [-0.39, 0.29) is 76.3 Å². The molecule has 28 heteroatoms. The van der Waals surface area contributed by atoms with E-state index < -0.39 is 133 Å². The predicted octanol–water partition coefficient (Wildman–Crippen LogP) is -1.12. The zero-order chi connectivity index (χ0) is 67.1. The van der Waals surface area contributed by atoms with Gasteiger partial charge in [0.05, 0.1) is 19.2 Å². The topological polar surface area (TPSA) is 444 Å². The Morgan fingerprint density at radius 3 is 2.00 bits per heavy atom. The number of carbonyl (C=O) groups excluding carboxylic acids is 10. The number of fused-ring (bicyclic) bond motifs is 1. The highest BCUT2D eigenvalue weighted by atomic mass is 16.5. The number of carbonyl (C=O) groups is 11. The summed E-state index contributed by atoms with van der Waals surface area (Å²) in [5.41, 5.74) is 24.9. The van der Waals surface area contributed by atoms with Crippen LogP contribution >= 0.6 is 0 Å². The number of allylic oxidation sites excluding steroid dienone is 1. The van der Waals surface area contributed by atoms with E-state index in [1.807, 2.05) is 30.3 Å². The lowest BCUT2D eigenvalue weighted by Gasteiger charge is -2.29. The van der Waals surface area contributed by atoms with Gasteiger partial charge in [-0.2, -0.15) is 0 Å². The number of nitrogens with one attached hydrogen (secondary N) is 8. The minimum Gasteiger partial charge on any atom is -0.489 e. The molecule has 0 aromatic heterocycles. The second-order valence-corrected chi connectivity index (χ2v) is 24.1. The highest BCUT2D eigenvalue weighted by Gasteiger charge is 2.40. The number of aliphatic hydroxyl groups is 1. The van der Waals surface area contributed by atoms with Crippen LogP contribution < -0.4 is 70.2 Å². The Bertz CT molecular complexity index is 2790. The number of nitrogens with zero attached hydrogens (tertiary/aromatic N) is 2. The number of rotatable bonds is 32. The van der Waals surface area contributed by atoms with Crippen LogP contribution in [0.3, 0.4) is 0 Å². The van der Waals surface area contributed by atoms with Crippen LogP contribution in [0.2, 0.25) is 0 Å². The third-order valence-electron chi connectivity index (χ3n) is 16.4. The highest BCUT2D eigenvalue weighted by molar-refractivity contribution is 5.99. The fourth-order valence-electron chi connectivity index (χ4n) is 11.2. The number of aliphatic carboxylic acids is 1. The van der Waals surface area contributed by atoms with Crippen LogP contribution in [0.5, 0.6) is 5.75 Å². The van der Waals surface area contributed by atoms with Crippen molar-refractivity contribution in [3.05, 3.63) is 77.9 Å². The van der Waals surface area contributed by atoms with E-state index in [0.717, 1.165) is 5.56 Å². The third-order valence-corrected chi connectivity index (χ3v) is 16.4. The van der Waals surface area contributed by atoms with Gasteiger partial charge in [0.2, 0.25) is 59.1 Å². The SMILES string of the molecule is CC(C)C[C@H](NC(=O)[C@H](CCCCN)NC(=O)[C@@H]1CCCN1C(=O)[C@@H](N)CCCCN)C(=O)N[C@@H](CO)C(=O)N[C@@H]1CC=CCC[C@@H](C(=O)N[C@@H](Cc2ccc(OCc3ccccc3)cc2)C(=O)O)NC(=O)[C@@H]2CCCN2C(=O)CNC(=O)[C@H](CCCCN)NC1=O. The van der Waals surface area contributed by atoms with Crippen molar-refractivity contribution in [3.8, 4) is 5.75 Å². The number of hydrogen-bond acceptors (Lipinski definition) is 17. The Morgan fingerprint density at radius 2 is 1.33 bits per heavy atom. The van der Waals surface area contributed by atoms with Crippen molar-refractivity contribution in [2.45, 2.75) is 196 Å². The van der Waals surface area contributed by atoms with Crippen molar-refractivity contribution in [2.24, 2.45) is 28.9 Å². The summed E-state index contributed by atoms with van der Waals surface area (Å²) in [5.74, 6) is -8.39.